The van der Waals surface area contributed by atoms with E-state index >= 15 is 0 Å². The van der Waals surface area contributed by atoms with Crippen LogP contribution in [0.2, 0.25) is 0 Å². The molecule has 0 spiro atoms. The van der Waals surface area contributed by atoms with Gasteiger partial charge in [0.2, 0.25) is 12.3 Å². The summed E-state index contributed by atoms with van der Waals surface area (Å²) in [4.78, 5) is 35.4. The molecule has 1 aliphatic heterocycles. The molecule has 1 saturated heterocycles. The van der Waals surface area contributed by atoms with Crippen molar-refractivity contribution in [1.82, 2.24) is 20.0 Å². The summed E-state index contributed by atoms with van der Waals surface area (Å²) in [5.74, 6) is -3.27. The molecule has 3 rings (SSSR count). The largest absolute Gasteiger partial charge is 0.480 e. The first-order chi connectivity index (χ1) is 14.7. The van der Waals surface area contributed by atoms with Gasteiger partial charge in [-0.2, -0.15) is 5.10 Å². The van der Waals surface area contributed by atoms with Gasteiger partial charge in [0, 0.05) is 38.9 Å². The van der Waals surface area contributed by atoms with Gasteiger partial charge >= 0.3 is 5.97 Å². The van der Waals surface area contributed by atoms with Crippen LogP contribution in [0.25, 0.3) is 10.9 Å². The summed E-state index contributed by atoms with van der Waals surface area (Å²) < 4.78 is 27.1. The number of carboxylic acid groups (broad SMARTS) is 1. The Hall–Kier alpha value is -3.08. The number of rotatable bonds is 7. The van der Waals surface area contributed by atoms with Crippen molar-refractivity contribution < 1.29 is 28.3 Å². The van der Waals surface area contributed by atoms with Gasteiger partial charge in [-0.1, -0.05) is 12.1 Å². The van der Waals surface area contributed by atoms with Crippen molar-refractivity contribution in [3.63, 3.8) is 0 Å². The number of nitrogens with one attached hydrogen (secondary N) is 1. The number of alkyl halides is 2. The summed E-state index contributed by atoms with van der Waals surface area (Å²) in [6.45, 7) is 0.0704. The lowest BCUT2D eigenvalue weighted by Crippen LogP contribution is -2.44. The highest BCUT2D eigenvalue weighted by molar-refractivity contribution is 5.95. The molecule has 0 unspecified atom stereocenters. The van der Waals surface area contributed by atoms with Crippen LogP contribution in [0.15, 0.2) is 24.3 Å². The number of hydrogen-bond acceptors (Lipinski definition) is 5. The number of carbonyl (C=O) groups is 3. The van der Waals surface area contributed by atoms with Gasteiger partial charge in [-0.3, -0.25) is 28.9 Å². The number of amides is 2. The van der Waals surface area contributed by atoms with E-state index in [9.17, 15) is 23.2 Å². The average Bonchev–Trinajstić information content (AvgIpc) is 3.04. The van der Waals surface area contributed by atoms with E-state index in [1.54, 1.807) is 11.7 Å². The van der Waals surface area contributed by atoms with E-state index in [2.05, 4.69) is 10.4 Å². The summed E-state index contributed by atoms with van der Waals surface area (Å²) >= 11 is 0. The van der Waals surface area contributed by atoms with Gasteiger partial charge in [0.15, 0.2) is 5.82 Å². The fourth-order valence-electron chi connectivity index (χ4n) is 3.34. The number of aryl methyl sites for hydroxylation is 1. The lowest BCUT2D eigenvalue weighted by Gasteiger charge is -2.30. The molecule has 0 radical (unpaired) electrons. The Bertz CT molecular complexity index is 918. The third kappa shape index (κ3) is 6.99. The number of piperidine rings is 1. The zero-order valence-corrected chi connectivity index (χ0v) is 17.6. The Morgan fingerprint density at radius 3 is 2.68 bits per heavy atom. The molecular weight excluding hydrogens is 412 g/mol. The van der Waals surface area contributed by atoms with Gasteiger partial charge < -0.3 is 10.4 Å². The zero-order chi connectivity index (χ0) is 23.0. The highest BCUT2D eigenvalue weighted by atomic mass is 19.3. The molecule has 0 atom stereocenters. The number of carboxylic acids is 1. The number of aliphatic carboxylic acids is 1. The van der Waals surface area contributed by atoms with Crippen molar-refractivity contribution in [1.29, 1.82) is 0 Å². The Morgan fingerprint density at radius 1 is 1.35 bits per heavy atom. The van der Waals surface area contributed by atoms with Gasteiger partial charge in [0.1, 0.15) is 0 Å². The van der Waals surface area contributed by atoms with Gasteiger partial charge in [0.05, 0.1) is 18.6 Å². The number of likely N-dealkylation sites (tertiary alicyclic amines) is 1. The van der Waals surface area contributed by atoms with Gasteiger partial charge in [-0.05, 0) is 25.1 Å². The number of fused-ring (bicyclic) bond motifs is 1. The number of nitrogens with zero attached hydrogens (tertiary/aromatic N) is 4. The molecule has 1 aromatic carbocycles. The third-order valence-electron chi connectivity index (χ3n) is 4.83. The van der Waals surface area contributed by atoms with Crippen molar-refractivity contribution in [3.05, 3.63) is 24.3 Å². The molecule has 0 aliphatic carbocycles. The second-order valence-electron chi connectivity index (χ2n) is 7.25. The molecule has 2 heterocycles. The van der Waals surface area contributed by atoms with Gasteiger partial charge in [-0.15, -0.1) is 0 Å². The zero-order valence-electron chi connectivity index (χ0n) is 17.6. The van der Waals surface area contributed by atoms with Gasteiger partial charge in [0.25, 0.3) is 5.92 Å². The number of benzene rings is 1. The standard InChI is InChI=1S/C13H16N4O2.C7H11F2NO2/c1-14-12(19)7-8-17(9-18)13-10-5-3-4-6-11(10)16(2)15-13;8-7(9)2-1-3-10(5-7)4-6(11)12/h3-6,9H,7-8H2,1-2H3,(H,14,19);1-5H2,(H,11,12). The van der Waals surface area contributed by atoms with E-state index in [4.69, 9.17) is 5.11 Å². The van der Waals surface area contributed by atoms with E-state index in [0.29, 0.717) is 31.7 Å². The summed E-state index contributed by atoms with van der Waals surface area (Å²) in [7, 11) is 3.40. The summed E-state index contributed by atoms with van der Waals surface area (Å²) in [6.07, 6.45) is 1.21. The quantitative estimate of drug-likeness (QED) is 0.633. The van der Waals surface area contributed by atoms with Crippen LogP contribution in [0.5, 0.6) is 0 Å². The lowest BCUT2D eigenvalue weighted by atomic mass is 10.1. The number of hydrogen-bond donors (Lipinski definition) is 2. The molecule has 2 amide bonds. The smallest absolute Gasteiger partial charge is 0.317 e. The minimum absolute atomic E-state index is 0.105. The molecule has 1 aromatic heterocycles. The van der Waals surface area contributed by atoms with Crippen LogP contribution < -0.4 is 10.2 Å². The minimum atomic E-state index is -2.70. The maximum Gasteiger partial charge on any atom is 0.317 e. The summed E-state index contributed by atoms with van der Waals surface area (Å²) in [5.41, 5.74) is 0.948. The molecular formula is C20H27F2N5O4. The van der Waals surface area contributed by atoms with Crippen molar-refractivity contribution in [2.75, 3.05) is 38.1 Å². The van der Waals surface area contributed by atoms with Crippen LogP contribution in [0.3, 0.4) is 0 Å². The minimum Gasteiger partial charge on any atom is -0.480 e. The average molecular weight is 439 g/mol. The Labute approximate surface area is 178 Å². The summed E-state index contributed by atoms with van der Waals surface area (Å²) in [5, 5.41) is 16.1. The topological polar surface area (TPSA) is 108 Å². The molecule has 9 nitrogen and oxygen atoms in total. The van der Waals surface area contributed by atoms with Crippen LogP contribution in [0.1, 0.15) is 19.3 Å². The van der Waals surface area contributed by atoms with Crippen LogP contribution in [-0.4, -0.2) is 77.2 Å². The molecule has 0 bridgehead atoms. The van der Waals surface area contributed by atoms with E-state index in [0.717, 1.165) is 10.9 Å². The van der Waals surface area contributed by atoms with E-state index in [-0.39, 0.29) is 25.3 Å². The van der Waals surface area contributed by atoms with Crippen LogP contribution >= 0.6 is 0 Å². The first-order valence-electron chi connectivity index (χ1n) is 9.83. The Morgan fingerprint density at radius 2 is 2.06 bits per heavy atom. The first kappa shape index (κ1) is 24.2. The van der Waals surface area contributed by atoms with Crippen LogP contribution in [0.4, 0.5) is 14.6 Å². The molecule has 1 aliphatic rings. The first-order valence-corrected chi connectivity index (χ1v) is 9.83. The van der Waals surface area contributed by atoms with E-state index in [1.807, 2.05) is 31.3 Å². The SMILES string of the molecule is CNC(=O)CCN(C=O)c1nn(C)c2ccccc12.O=C(O)CN1CCCC(F)(F)C1. The number of para-hydroxylation sites is 1. The highest BCUT2D eigenvalue weighted by Gasteiger charge is 2.35. The maximum absolute atomic E-state index is 12.7. The fraction of sp³-hybridized carbons (Fsp3) is 0.500. The number of halogens is 2. The van der Waals surface area contributed by atoms with Crippen molar-refractivity contribution in [2.45, 2.75) is 25.2 Å². The third-order valence-corrected chi connectivity index (χ3v) is 4.83. The van der Waals surface area contributed by atoms with Gasteiger partial charge in [-0.25, -0.2) is 8.78 Å². The maximum atomic E-state index is 12.7. The normalized spacial score (nSPS) is 15.6. The summed E-state index contributed by atoms with van der Waals surface area (Å²) in [6, 6.07) is 7.67. The molecule has 31 heavy (non-hydrogen) atoms. The second-order valence-corrected chi connectivity index (χ2v) is 7.25. The second kappa shape index (κ2) is 10.8. The molecule has 170 valence electrons. The van der Waals surface area contributed by atoms with Crippen molar-refractivity contribution in [2.24, 2.45) is 7.05 Å². The number of aromatic nitrogens is 2. The Balaban J connectivity index is 0.000000245. The van der Waals surface area contributed by atoms with Crippen LogP contribution in [-0.2, 0) is 21.4 Å². The van der Waals surface area contributed by atoms with Crippen LogP contribution in [0, 0.1) is 0 Å². The monoisotopic (exact) mass is 439 g/mol. The fourth-order valence-corrected chi connectivity index (χ4v) is 3.34. The molecule has 2 aromatic rings. The molecule has 1 fully saturated rings. The van der Waals surface area contributed by atoms with Crippen molar-refractivity contribution >= 4 is 35.0 Å². The molecule has 0 saturated carbocycles. The van der Waals surface area contributed by atoms with E-state index in [1.165, 1.54) is 9.80 Å². The Kier molecular flexibility index (Phi) is 8.43. The lowest BCUT2D eigenvalue weighted by molar-refractivity contribution is -0.141. The van der Waals surface area contributed by atoms with Crippen molar-refractivity contribution in [3.8, 4) is 0 Å². The molecule has 11 heteroatoms. The highest BCUT2D eigenvalue weighted by Crippen LogP contribution is 2.26. The predicted molar refractivity (Wildman–Crippen MR) is 111 cm³/mol. The van der Waals surface area contributed by atoms with E-state index < -0.39 is 18.4 Å². The number of anilines is 1. The molecule has 2 N–H and O–H groups in total. The number of carbonyl (C=O) groups excluding carboxylic acids is 2. The predicted octanol–water partition coefficient (Wildman–Crippen LogP) is 1.47.